The summed E-state index contributed by atoms with van der Waals surface area (Å²) in [6.45, 7) is 1.34. The number of amides is 2. The number of carbonyl (C=O) groups is 2. The van der Waals surface area contributed by atoms with Crippen LogP contribution in [-0.4, -0.2) is 72.4 Å². The fraction of sp³-hybridized carbons (Fsp3) is 0.417. The Hall–Kier alpha value is -3.47. The van der Waals surface area contributed by atoms with Crippen LogP contribution in [0.4, 0.5) is 5.69 Å². The molecule has 11 heteroatoms. The monoisotopic (exact) mass is 507 g/mol. The largest absolute Gasteiger partial charge is 0.497 e. The zero-order valence-corrected chi connectivity index (χ0v) is 21.7. The lowest BCUT2D eigenvalue weighted by atomic mass is 10.1. The highest BCUT2D eigenvalue weighted by Gasteiger charge is 2.32. The van der Waals surface area contributed by atoms with Crippen molar-refractivity contribution in [2.45, 2.75) is 25.9 Å². The summed E-state index contributed by atoms with van der Waals surface area (Å²) in [6.07, 6.45) is 1.34. The van der Waals surface area contributed by atoms with Gasteiger partial charge in [-0.2, -0.15) is 0 Å². The van der Waals surface area contributed by atoms with Crippen molar-refractivity contribution in [3.63, 3.8) is 0 Å². The van der Waals surface area contributed by atoms with Gasteiger partial charge in [-0.05, 0) is 36.2 Å². The summed E-state index contributed by atoms with van der Waals surface area (Å²) in [4.78, 5) is 27.6. The highest BCUT2D eigenvalue weighted by molar-refractivity contribution is 7.92. The molecule has 0 bridgehead atoms. The summed E-state index contributed by atoms with van der Waals surface area (Å²) >= 11 is 0. The zero-order chi connectivity index (χ0) is 26.2. The number of hydrogen-bond donors (Lipinski definition) is 1. The molecule has 192 valence electrons. The van der Waals surface area contributed by atoms with Gasteiger partial charge in [0, 0.05) is 19.7 Å². The third-order valence-corrected chi connectivity index (χ3v) is 6.58. The Morgan fingerprint density at radius 1 is 1.00 bits per heavy atom. The van der Waals surface area contributed by atoms with Gasteiger partial charge in [-0.3, -0.25) is 13.9 Å². The van der Waals surface area contributed by atoms with E-state index in [1.54, 1.807) is 37.3 Å². The van der Waals surface area contributed by atoms with Crippen molar-refractivity contribution in [3.05, 3.63) is 48.0 Å². The van der Waals surface area contributed by atoms with E-state index < -0.39 is 28.5 Å². The van der Waals surface area contributed by atoms with Gasteiger partial charge in [-0.15, -0.1) is 0 Å². The quantitative estimate of drug-likeness (QED) is 0.468. The molecule has 0 aliphatic heterocycles. The maximum atomic E-state index is 13.6. The summed E-state index contributed by atoms with van der Waals surface area (Å²) in [5.74, 6) is 0.392. The van der Waals surface area contributed by atoms with Gasteiger partial charge >= 0.3 is 0 Å². The molecule has 10 nitrogen and oxygen atoms in total. The molecule has 0 spiro atoms. The lowest BCUT2D eigenvalue weighted by Gasteiger charge is -2.33. The molecule has 0 fully saturated rings. The summed E-state index contributed by atoms with van der Waals surface area (Å²) < 4.78 is 42.3. The van der Waals surface area contributed by atoms with Crippen LogP contribution in [-0.2, 0) is 26.2 Å². The van der Waals surface area contributed by atoms with Gasteiger partial charge in [0.15, 0.2) is 0 Å². The van der Waals surface area contributed by atoms with Gasteiger partial charge in [0.25, 0.3) is 0 Å². The lowest BCUT2D eigenvalue weighted by molar-refractivity contribution is -0.140. The number of anilines is 1. The van der Waals surface area contributed by atoms with Crippen molar-refractivity contribution >= 4 is 27.5 Å². The minimum Gasteiger partial charge on any atom is -0.497 e. The highest BCUT2D eigenvalue weighted by atomic mass is 32.2. The van der Waals surface area contributed by atoms with Gasteiger partial charge in [0.1, 0.15) is 29.8 Å². The van der Waals surface area contributed by atoms with E-state index >= 15 is 0 Å². The second kappa shape index (κ2) is 12.3. The number of methoxy groups -OCH3 is 3. The molecule has 35 heavy (non-hydrogen) atoms. The Labute approximate surface area is 206 Å². The molecule has 0 heterocycles. The van der Waals surface area contributed by atoms with E-state index in [2.05, 4.69) is 5.32 Å². The number of benzene rings is 2. The maximum absolute atomic E-state index is 13.6. The molecule has 0 aliphatic carbocycles. The van der Waals surface area contributed by atoms with Crippen LogP contribution >= 0.6 is 0 Å². The molecule has 2 aromatic rings. The number of likely N-dealkylation sites (N-methyl/N-ethyl adjacent to an activating group) is 1. The van der Waals surface area contributed by atoms with E-state index in [-0.39, 0.29) is 23.9 Å². The first-order chi connectivity index (χ1) is 16.6. The Balaban J connectivity index is 2.50. The molecule has 0 aliphatic rings. The van der Waals surface area contributed by atoms with E-state index in [9.17, 15) is 18.0 Å². The van der Waals surface area contributed by atoms with Crippen molar-refractivity contribution in [1.29, 1.82) is 0 Å². The smallest absolute Gasteiger partial charge is 0.244 e. The van der Waals surface area contributed by atoms with Crippen LogP contribution in [0.2, 0.25) is 0 Å². The lowest BCUT2D eigenvalue weighted by Crippen LogP contribution is -2.51. The second-order valence-corrected chi connectivity index (χ2v) is 9.63. The summed E-state index contributed by atoms with van der Waals surface area (Å²) in [7, 11) is 2.01. The van der Waals surface area contributed by atoms with Gasteiger partial charge in [0.2, 0.25) is 21.8 Å². The molecule has 0 radical (unpaired) electrons. The SMILES string of the molecule is CC[C@H](C(=O)NC)N(Cc1cccc(OC)c1)C(=O)CN(c1ccc(OC)cc1OC)S(C)(=O)=O. The average molecular weight is 508 g/mol. The minimum absolute atomic E-state index is 0.0826. The molecule has 0 saturated carbocycles. The Morgan fingerprint density at radius 3 is 2.20 bits per heavy atom. The molecule has 0 aromatic heterocycles. The number of rotatable bonds is 12. The van der Waals surface area contributed by atoms with Crippen LogP contribution in [0.15, 0.2) is 42.5 Å². The van der Waals surface area contributed by atoms with E-state index in [4.69, 9.17) is 14.2 Å². The van der Waals surface area contributed by atoms with Crippen molar-refractivity contribution < 1.29 is 32.2 Å². The van der Waals surface area contributed by atoms with Gasteiger partial charge < -0.3 is 24.4 Å². The van der Waals surface area contributed by atoms with E-state index in [1.807, 2.05) is 0 Å². The Kier molecular flexibility index (Phi) is 9.76. The molecule has 0 saturated heterocycles. The normalized spacial score (nSPS) is 11.8. The first kappa shape index (κ1) is 27.8. The topological polar surface area (TPSA) is 114 Å². The molecule has 1 atom stereocenters. The predicted octanol–water partition coefficient (Wildman–Crippen LogP) is 2.03. The van der Waals surface area contributed by atoms with Gasteiger partial charge in [-0.25, -0.2) is 8.42 Å². The summed E-state index contributed by atoms with van der Waals surface area (Å²) in [6, 6.07) is 10.9. The number of sulfonamides is 1. The van der Waals surface area contributed by atoms with Gasteiger partial charge in [0.05, 0.1) is 33.3 Å². The standard InChI is InChI=1S/C24H33N3O7S/c1-7-20(24(29)25-2)26(15-17-9-8-10-18(13-17)32-3)23(28)16-27(35(6,30)31)21-12-11-19(33-4)14-22(21)34-5/h8-14,20H,7,15-16H2,1-6H3,(H,25,29)/t20-/m1/s1. The average Bonchev–Trinajstić information content (AvgIpc) is 2.85. The number of ether oxygens (including phenoxy) is 3. The second-order valence-electron chi connectivity index (χ2n) is 7.72. The van der Waals surface area contributed by atoms with Crippen LogP contribution in [0.25, 0.3) is 0 Å². The first-order valence-corrected chi connectivity index (χ1v) is 12.8. The van der Waals surface area contributed by atoms with Crippen molar-refractivity contribution in [2.24, 2.45) is 0 Å². The van der Waals surface area contributed by atoms with E-state index in [0.717, 1.165) is 16.1 Å². The predicted molar refractivity (Wildman–Crippen MR) is 133 cm³/mol. The molecule has 0 unspecified atom stereocenters. The molecular formula is C24H33N3O7S. The Morgan fingerprint density at radius 2 is 1.66 bits per heavy atom. The fourth-order valence-electron chi connectivity index (χ4n) is 3.64. The summed E-state index contributed by atoms with van der Waals surface area (Å²) in [5, 5.41) is 2.58. The zero-order valence-electron chi connectivity index (χ0n) is 20.9. The van der Waals surface area contributed by atoms with Crippen molar-refractivity contribution in [3.8, 4) is 17.2 Å². The number of nitrogens with one attached hydrogen (secondary N) is 1. The van der Waals surface area contributed by atoms with Gasteiger partial charge in [-0.1, -0.05) is 19.1 Å². The van der Waals surface area contributed by atoms with E-state index in [1.165, 1.54) is 45.4 Å². The third-order valence-electron chi connectivity index (χ3n) is 5.45. The van der Waals surface area contributed by atoms with Crippen LogP contribution < -0.4 is 23.8 Å². The molecule has 2 rings (SSSR count). The Bertz CT molecular complexity index is 1140. The van der Waals surface area contributed by atoms with Crippen molar-refractivity contribution in [1.82, 2.24) is 10.2 Å². The maximum Gasteiger partial charge on any atom is 0.244 e. The van der Waals surface area contributed by atoms with Crippen LogP contribution in [0.1, 0.15) is 18.9 Å². The number of carbonyl (C=O) groups excluding carboxylic acids is 2. The first-order valence-electron chi connectivity index (χ1n) is 10.9. The van der Waals surface area contributed by atoms with Crippen LogP contribution in [0.3, 0.4) is 0 Å². The van der Waals surface area contributed by atoms with Crippen LogP contribution in [0, 0.1) is 0 Å². The summed E-state index contributed by atoms with van der Waals surface area (Å²) in [5.41, 5.74) is 0.909. The minimum atomic E-state index is -3.90. The van der Waals surface area contributed by atoms with E-state index in [0.29, 0.717) is 17.9 Å². The number of nitrogens with zero attached hydrogens (tertiary/aromatic N) is 2. The van der Waals surface area contributed by atoms with Crippen molar-refractivity contribution in [2.75, 3.05) is 45.5 Å². The molecular weight excluding hydrogens is 474 g/mol. The molecule has 2 aromatic carbocycles. The highest BCUT2D eigenvalue weighted by Crippen LogP contribution is 2.33. The molecule has 2 amide bonds. The third kappa shape index (κ3) is 7.01. The molecule has 1 N–H and O–H groups in total. The van der Waals surface area contributed by atoms with Crippen LogP contribution in [0.5, 0.6) is 17.2 Å². The fourth-order valence-corrected chi connectivity index (χ4v) is 4.49. The number of hydrogen-bond acceptors (Lipinski definition) is 7.